The summed E-state index contributed by atoms with van der Waals surface area (Å²) in [4.78, 5) is 19.3. The van der Waals surface area contributed by atoms with Gasteiger partial charge in [-0.3, -0.25) is 9.69 Å². The molecule has 0 saturated carbocycles. The molecular weight excluding hydrogens is 334 g/mol. The summed E-state index contributed by atoms with van der Waals surface area (Å²) in [7, 11) is 1.64. The Kier molecular flexibility index (Phi) is 6.49. The number of carbonyl (C=O) groups excluding carboxylic acids is 1. The van der Waals surface area contributed by atoms with Crippen LogP contribution in [0.25, 0.3) is 10.9 Å². The number of ether oxygens (including phenoxy) is 2. The Balaban J connectivity index is 1.49. The van der Waals surface area contributed by atoms with Crippen LogP contribution in [0.1, 0.15) is 6.42 Å². The highest BCUT2D eigenvalue weighted by molar-refractivity contribution is 5.85. The van der Waals surface area contributed by atoms with Crippen molar-refractivity contribution in [2.75, 3.05) is 53.0 Å². The maximum absolute atomic E-state index is 12.3. The number of amides is 1. The predicted octanol–water partition coefficient (Wildman–Crippen LogP) is 1.09. The molecule has 1 atom stereocenters. The lowest BCUT2D eigenvalue weighted by molar-refractivity contribution is -0.132. The highest BCUT2D eigenvalue weighted by Gasteiger charge is 2.23. The number of hydrogen-bond acceptors (Lipinski definition) is 5. The van der Waals surface area contributed by atoms with Crippen molar-refractivity contribution in [3.8, 4) is 5.75 Å². The highest BCUT2D eigenvalue weighted by atomic mass is 16.5. The molecule has 26 heavy (non-hydrogen) atoms. The first-order valence-electron chi connectivity index (χ1n) is 9.03. The van der Waals surface area contributed by atoms with Gasteiger partial charge in [0.2, 0.25) is 5.91 Å². The molecular formula is C19H27N3O4. The van der Waals surface area contributed by atoms with Crippen molar-refractivity contribution in [2.45, 2.75) is 12.5 Å². The van der Waals surface area contributed by atoms with Gasteiger partial charge in [-0.05, 0) is 24.6 Å². The van der Waals surface area contributed by atoms with E-state index in [0.717, 1.165) is 36.2 Å². The zero-order valence-electron chi connectivity index (χ0n) is 15.2. The summed E-state index contributed by atoms with van der Waals surface area (Å²) in [5.74, 6) is 0.838. The van der Waals surface area contributed by atoms with Crippen LogP contribution in [-0.4, -0.2) is 84.9 Å². The zero-order chi connectivity index (χ0) is 18.4. The minimum atomic E-state index is -0.650. The van der Waals surface area contributed by atoms with Crippen molar-refractivity contribution in [3.63, 3.8) is 0 Å². The van der Waals surface area contributed by atoms with E-state index in [1.807, 2.05) is 40.3 Å². The molecule has 3 rings (SSSR count). The summed E-state index contributed by atoms with van der Waals surface area (Å²) in [6.07, 6.45) is 2.11. The van der Waals surface area contributed by atoms with Gasteiger partial charge >= 0.3 is 0 Å². The number of nitrogens with zero attached hydrogens (tertiary/aromatic N) is 2. The fraction of sp³-hybridized carbons (Fsp3) is 0.526. The average molecular weight is 361 g/mol. The van der Waals surface area contributed by atoms with Crippen molar-refractivity contribution in [1.29, 1.82) is 0 Å². The lowest BCUT2D eigenvalue weighted by atomic mass is 10.2. The third-order valence-electron chi connectivity index (χ3n) is 4.63. The molecule has 0 spiro atoms. The van der Waals surface area contributed by atoms with Gasteiger partial charge in [-0.1, -0.05) is 6.07 Å². The van der Waals surface area contributed by atoms with E-state index in [-0.39, 0.29) is 12.5 Å². The number of β-amino-alcohol motifs (C(OH)–C–C–N with tert-alkyl or cyclic N) is 1. The minimum absolute atomic E-state index is 0.0877. The standard InChI is InChI=1S/C19H27N3O4/c1-25-11-10-22-9-3-8-21(13-19(22)24)12-15(23)14-26-18-5-2-4-17-16(18)6-7-20-17/h2,4-7,15,20,23H,3,8-14H2,1H3/t15-/m1/s1. The molecule has 7 heteroatoms. The number of H-pyrrole nitrogens is 1. The minimum Gasteiger partial charge on any atom is -0.490 e. The van der Waals surface area contributed by atoms with Gasteiger partial charge in [0, 0.05) is 50.4 Å². The second kappa shape index (κ2) is 9.02. The topological polar surface area (TPSA) is 78.0 Å². The SMILES string of the molecule is COCCN1CCCN(C[C@@H](O)COc2cccc3[nH]ccc23)CC1=O. The summed E-state index contributed by atoms with van der Waals surface area (Å²) < 4.78 is 10.9. The van der Waals surface area contributed by atoms with E-state index in [1.165, 1.54) is 0 Å². The summed E-state index contributed by atoms with van der Waals surface area (Å²) in [5.41, 5.74) is 1.01. The smallest absolute Gasteiger partial charge is 0.236 e. The van der Waals surface area contributed by atoms with Gasteiger partial charge < -0.3 is 24.5 Å². The third-order valence-corrected chi connectivity index (χ3v) is 4.63. The maximum Gasteiger partial charge on any atom is 0.236 e. The molecule has 7 nitrogen and oxygen atoms in total. The van der Waals surface area contributed by atoms with Gasteiger partial charge in [-0.15, -0.1) is 0 Å². The Morgan fingerprint density at radius 1 is 1.31 bits per heavy atom. The van der Waals surface area contributed by atoms with Crippen molar-refractivity contribution < 1.29 is 19.4 Å². The van der Waals surface area contributed by atoms with Crippen LogP contribution < -0.4 is 4.74 Å². The maximum atomic E-state index is 12.3. The van der Waals surface area contributed by atoms with Crippen LogP contribution in [-0.2, 0) is 9.53 Å². The fourth-order valence-electron chi connectivity index (χ4n) is 3.29. The second-order valence-electron chi connectivity index (χ2n) is 6.62. The number of nitrogens with one attached hydrogen (secondary N) is 1. The van der Waals surface area contributed by atoms with Crippen LogP contribution in [0.15, 0.2) is 30.5 Å². The van der Waals surface area contributed by atoms with Crippen LogP contribution in [0, 0.1) is 0 Å². The number of fused-ring (bicyclic) bond motifs is 1. The summed E-state index contributed by atoms with van der Waals surface area (Å²) in [6.45, 7) is 3.65. The Morgan fingerprint density at radius 3 is 3.04 bits per heavy atom. The van der Waals surface area contributed by atoms with Crippen LogP contribution in [0.2, 0.25) is 0 Å². The Hall–Kier alpha value is -2.09. The molecule has 0 unspecified atom stereocenters. The Morgan fingerprint density at radius 2 is 2.19 bits per heavy atom. The van der Waals surface area contributed by atoms with Crippen molar-refractivity contribution in [3.05, 3.63) is 30.5 Å². The number of aliphatic hydroxyl groups is 1. The zero-order valence-corrected chi connectivity index (χ0v) is 15.2. The number of rotatable bonds is 8. The Bertz CT molecular complexity index is 718. The van der Waals surface area contributed by atoms with Crippen LogP contribution in [0.4, 0.5) is 0 Å². The first-order valence-corrected chi connectivity index (χ1v) is 9.03. The van der Waals surface area contributed by atoms with Crippen molar-refractivity contribution in [1.82, 2.24) is 14.8 Å². The Labute approximate surface area is 153 Å². The highest BCUT2D eigenvalue weighted by Crippen LogP contribution is 2.24. The van der Waals surface area contributed by atoms with Gasteiger partial charge in [0.25, 0.3) is 0 Å². The summed E-state index contributed by atoms with van der Waals surface area (Å²) in [5, 5.41) is 11.4. The second-order valence-corrected chi connectivity index (χ2v) is 6.62. The predicted molar refractivity (Wildman–Crippen MR) is 99.3 cm³/mol. The monoisotopic (exact) mass is 361 g/mol. The van der Waals surface area contributed by atoms with E-state index in [9.17, 15) is 9.90 Å². The third kappa shape index (κ3) is 4.75. The van der Waals surface area contributed by atoms with Crippen LogP contribution >= 0.6 is 0 Å². The fourth-order valence-corrected chi connectivity index (χ4v) is 3.29. The van der Waals surface area contributed by atoms with Crippen molar-refractivity contribution >= 4 is 16.8 Å². The molecule has 1 aliphatic rings. The molecule has 1 saturated heterocycles. The summed E-state index contributed by atoms with van der Waals surface area (Å²) >= 11 is 0. The number of aliphatic hydroxyl groups excluding tert-OH is 1. The molecule has 2 aromatic rings. The van der Waals surface area contributed by atoms with E-state index < -0.39 is 6.10 Å². The quantitative estimate of drug-likeness (QED) is 0.736. The van der Waals surface area contributed by atoms with Crippen LogP contribution in [0.5, 0.6) is 5.75 Å². The molecule has 0 radical (unpaired) electrons. The lowest BCUT2D eigenvalue weighted by Gasteiger charge is -2.23. The first-order chi connectivity index (χ1) is 12.7. The molecule has 1 aliphatic heterocycles. The average Bonchev–Trinajstić information content (AvgIpc) is 3.04. The van der Waals surface area contributed by atoms with E-state index in [0.29, 0.717) is 26.2 Å². The molecule has 1 amide bonds. The van der Waals surface area contributed by atoms with Crippen molar-refractivity contribution in [2.24, 2.45) is 0 Å². The first kappa shape index (κ1) is 18.7. The molecule has 2 heterocycles. The normalized spacial score (nSPS) is 17.5. The van der Waals surface area contributed by atoms with Gasteiger partial charge in [-0.2, -0.15) is 0 Å². The molecule has 0 aliphatic carbocycles. The van der Waals surface area contributed by atoms with E-state index in [4.69, 9.17) is 9.47 Å². The molecule has 142 valence electrons. The molecule has 0 bridgehead atoms. The van der Waals surface area contributed by atoms with E-state index in [2.05, 4.69) is 4.98 Å². The van der Waals surface area contributed by atoms with Gasteiger partial charge in [0.1, 0.15) is 18.5 Å². The van der Waals surface area contributed by atoms with Gasteiger partial charge in [0.15, 0.2) is 0 Å². The van der Waals surface area contributed by atoms with Gasteiger partial charge in [-0.25, -0.2) is 0 Å². The molecule has 1 aromatic heterocycles. The number of aromatic amines is 1. The number of aromatic nitrogens is 1. The van der Waals surface area contributed by atoms with E-state index >= 15 is 0 Å². The summed E-state index contributed by atoms with van der Waals surface area (Å²) in [6, 6.07) is 7.75. The van der Waals surface area contributed by atoms with Gasteiger partial charge in [0.05, 0.1) is 13.2 Å². The number of hydrogen-bond donors (Lipinski definition) is 2. The molecule has 2 N–H and O–H groups in total. The number of methoxy groups -OCH3 is 1. The lowest BCUT2D eigenvalue weighted by Crippen LogP contribution is -2.41. The van der Waals surface area contributed by atoms with E-state index in [1.54, 1.807) is 7.11 Å². The number of benzene rings is 1. The van der Waals surface area contributed by atoms with Crippen LogP contribution in [0.3, 0.4) is 0 Å². The number of carbonyl (C=O) groups is 1. The largest absolute Gasteiger partial charge is 0.490 e. The molecule has 1 aromatic carbocycles. The molecule has 1 fully saturated rings.